The average Bonchev–Trinajstić information content (AvgIpc) is 2.88. The summed E-state index contributed by atoms with van der Waals surface area (Å²) in [5.41, 5.74) is 5.84. The van der Waals surface area contributed by atoms with Crippen molar-refractivity contribution in [3.8, 4) is 11.1 Å². The van der Waals surface area contributed by atoms with E-state index in [0.717, 1.165) is 71.1 Å². The van der Waals surface area contributed by atoms with Crippen LogP contribution in [-0.4, -0.2) is 40.5 Å². The maximum absolute atomic E-state index is 13.2. The standard InChI is InChI=1S/C34H43FN2O3S/c1-22-28(25-10-14-27(15-11-25)41-21-16-24-8-12-26(35)13-9-24)30(37-19-17-34(6,7)18-20-37)29(23(2)36-22)31(32(38)39)40-33(3,4)5/h8-15,31H,16-21H2,1-7H3,(H,38,39). The van der Waals surface area contributed by atoms with E-state index in [4.69, 9.17) is 9.72 Å². The van der Waals surface area contributed by atoms with Crippen LogP contribution in [0, 0.1) is 25.1 Å². The summed E-state index contributed by atoms with van der Waals surface area (Å²) in [6.45, 7) is 15.8. The van der Waals surface area contributed by atoms with Crippen molar-refractivity contribution < 1.29 is 19.0 Å². The average molecular weight is 579 g/mol. The number of aryl methyl sites for hydroxylation is 3. The smallest absolute Gasteiger partial charge is 0.337 e. The van der Waals surface area contributed by atoms with Gasteiger partial charge >= 0.3 is 5.97 Å². The number of anilines is 1. The summed E-state index contributed by atoms with van der Waals surface area (Å²) in [6.07, 6.45) is 1.77. The molecule has 2 heterocycles. The first kappa shape index (κ1) is 31.0. The fourth-order valence-corrected chi connectivity index (χ4v) is 6.31. The van der Waals surface area contributed by atoms with Gasteiger partial charge in [-0.3, -0.25) is 4.98 Å². The third-order valence-electron chi connectivity index (χ3n) is 7.69. The number of halogens is 1. The van der Waals surface area contributed by atoms with Crippen molar-refractivity contribution in [1.82, 2.24) is 4.98 Å². The molecule has 7 heteroatoms. The highest BCUT2D eigenvalue weighted by Crippen LogP contribution is 2.45. The second kappa shape index (κ2) is 12.5. The SMILES string of the molecule is Cc1nc(C)c(C(OC(C)(C)C)C(=O)O)c(N2CCC(C)(C)CC2)c1-c1ccc(SCCc2ccc(F)cc2)cc1. The van der Waals surface area contributed by atoms with Gasteiger partial charge in [-0.2, -0.15) is 0 Å². The molecule has 4 rings (SSSR count). The summed E-state index contributed by atoms with van der Waals surface area (Å²) in [6, 6.07) is 15.1. The zero-order chi connectivity index (χ0) is 29.9. The molecule has 0 bridgehead atoms. The fraction of sp³-hybridized carbons (Fsp3) is 0.471. The molecule has 0 saturated carbocycles. The monoisotopic (exact) mass is 578 g/mol. The number of carboxylic acid groups (broad SMARTS) is 1. The summed E-state index contributed by atoms with van der Waals surface area (Å²) in [4.78, 5) is 21.0. The number of nitrogens with zero attached hydrogens (tertiary/aromatic N) is 2. The molecule has 1 aliphatic rings. The van der Waals surface area contributed by atoms with Crippen LogP contribution in [0.5, 0.6) is 0 Å². The number of carbonyl (C=O) groups is 1. The summed E-state index contributed by atoms with van der Waals surface area (Å²) < 4.78 is 19.4. The van der Waals surface area contributed by atoms with E-state index in [-0.39, 0.29) is 11.2 Å². The minimum Gasteiger partial charge on any atom is -0.479 e. The molecule has 5 nitrogen and oxygen atoms in total. The Kier molecular flexibility index (Phi) is 9.49. The van der Waals surface area contributed by atoms with Crippen molar-refractivity contribution >= 4 is 23.4 Å². The Bertz CT molecular complexity index is 1350. The molecule has 1 N–H and O–H groups in total. The largest absolute Gasteiger partial charge is 0.479 e. The van der Waals surface area contributed by atoms with E-state index in [0.29, 0.717) is 11.3 Å². The second-order valence-corrected chi connectivity index (χ2v) is 13.9. The molecule has 0 radical (unpaired) electrons. The van der Waals surface area contributed by atoms with Crippen LogP contribution in [0.2, 0.25) is 0 Å². The lowest BCUT2D eigenvalue weighted by molar-refractivity contribution is -0.160. The van der Waals surface area contributed by atoms with Crippen LogP contribution >= 0.6 is 11.8 Å². The minimum absolute atomic E-state index is 0.215. The van der Waals surface area contributed by atoms with Crippen LogP contribution in [0.25, 0.3) is 11.1 Å². The predicted molar refractivity (Wildman–Crippen MR) is 166 cm³/mol. The summed E-state index contributed by atoms with van der Waals surface area (Å²) >= 11 is 1.76. The van der Waals surface area contributed by atoms with Crippen molar-refractivity contribution in [3.05, 3.63) is 76.9 Å². The molecule has 1 aliphatic heterocycles. The van der Waals surface area contributed by atoms with Crippen LogP contribution < -0.4 is 4.90 Å². The highest BCUT2D eigenvalue weighted by molar-refractivity contribution is 7.99. The van der Waals surface area contributed by atoms with E-state index >= 15 is 0 Å². The van der Waals surface area contributed by atoms with Crippen molar-refractivity contribution in [1.29, 1.82) is 0 Å². The number of ether oxygens (including phenoxy) is 1. The molecule has 2 aromatic carbocycles. The van der Waals surface area contributed by atoms with Crippen LogP contribution in [0.3, 0.4) is 0 Å². The molecule has 0 aliphatic carbocycles. The van der Waals surface area contributed by atoms with E-state index in [1.807, 2.05) is 46.8 Å². The van der Waals surface area contributed by atoms with Crippen molar-refractivity contribution in [2.24, 2.45) is 5.41 Å². The molecule has 0 amide bonds. The number of benzene rings is 2. The molecule has 1 saturated heterocycles. The molecule has 41 heavy (non-hydrogen) atoms. The van der Waals surface area contributed by atoms with Crippen LogP contribution in [0.1, 0.15) is 76.1 Å². The van der Waals surface area contributed by atoms with E-state index < -0.39 is 17.7 Å². The first-order chi connectivity index (χ1) is 19.2. The summed E-state index contributed by atoms with van der Waals surface area (Å²) in [5, 5.41) is 10.4. The fourth-order valence-electron chi connectivity index (χ4n) is 5.41. The number of thioether (sulfide) groups is 1. The minimum atomic E-state index is -1.13. The van der Waals surface area contributed by atoms with Gasteiger partial charge < -0.3 is 14.7 Å². The van der Waals surface area contributed by atoms with Gasteiger partial charge in [-0.15, -0.1) is 11.8 Å². The number of hydrogen-bond donors (Lipinski definition) is 1. The number of carboxylic acids is 1. The zero-order valence-corrected chi connectivity index (χ0v) is 26.2. The lowest BCUT2D eigenvalue weighted by Gasteiger charge is -2.41. The predicted octanol–water partition coefficient (Wildman–Crippen LogP) is 8.41. The van der Waals surface area contributed by atoms with Crippen LogP contribution in [0.4, 0.5) is 10.1 Å². The normalized spacial score (nSPS) is 16.0. The Balaban J connectivity index is 1.71. The van der Waals surface area contributed by atoms with Crippen molar-refractivity contribution in [2.45, 2.75) is 84.3 Å². The number of aromatic nitrogens is 1. The number of piperidine rings is 1. The van der Waals surface area contributed by atoms with Crippen molar-refractivity contribution in [3.63, 3.8) is 0 Å². The number of hydrogen-bond acceptors (Lipinski definition) is 5. The first-order valence-corrected chi connectivity index (χ1v) is 15.4. The van der Waals surface area contributed by atoms with Gasteiger partial charge in [0.05, 0.1) is 11.3 Å². The maximum atomic E-state index is 13.2. The molecule has 1 aromatic heterocycles. The Hall–Kier alpha value is -2.90. The molecule has 220 valence electrons. The quantitative estimate of drug-likeness (QED) is 0.257. The van der Waals surface area contributed by atoms with Crippen molar-refractivity contribution in [2.75, 3.05) is 23.7 Å². The van der Waals surface area contributed by atoms with Gasteiger partial charge in [0.15, 0.2) is 6.10 Å². The Morgan fingerprint density at radius 2 is 1.66 bits per heavy atom. The second-order valence-electron chi connectivity index (χ2n) is 12.8. The van der Waals surface area contributed by atoms with Gasteiger partial charge in [0.25, 0.3) is 0 Å². The van der Waals surface area contributed by atoms with Gasteiger partial charge in [-0.05, 0) is 94.7 Å². The number of rotatable bonds is 9. The van der Waals surface area contributed by atoms with E-state index in [1.165, 1.54) is 12.1 Å². The molecule has 1 atom stereocenters. The third kappa shape index (κ3) is 7.89. The summed E-state index contributed by atoms with van der Waals surface area (Å²) in [7, 11) is 0. The van der Waals surface area contributed by atoms with Crippen LogP contribution in [0.15, 0.2) is 53.4 Å². The Labute approximate surface area is 248 Å². The third-order valence-corrected chi connectivity index (χ3v) is 8.70. The molecular formula is C34H43FN2O3S. The van der Waals surface area contributed by atoms with E-state index in [2.05, 4.69) is 43.0 Å². The topological polar surface area (TPSA) is 62.7 Å². The molecular weight excluding hydrogens is 535 g/mol. The number of pyridine rings is 1. The Morgan fingerprint density at radius 3 is 2.22 bits per heavy atom. The van der Waals surface area contributed by atoms with Crippen LogP contribution in [-0.2, 0) is 16.0 Å². The molecule has 3 aromatic rings. The van der Waals surface area contributed by atoms with Gasteiger partial charge in [0.2, 0.25) is 0 Å². The molecule has 0 spiro atoms. The highest BCUT2D eigenvalue weighted by atomic mass is 32.2. The van der Waals surface area contributed by atoms with Gasteiger partial charge in [-0.1, -0.05) is 38.1 Å². The van der Waals surface area contributed by atoms with E-state index in [1.54, 1.807) is 11.8 Å². The molecule has 1 unspecified atom stereocenters. The lowest BCUT2D eigenvalue weighted by atomic mass is 9.82. The van der Waals surface area contributed by atoms with E-state index in [9.17, 15) is 14.3 Å². The summed E-state index contributed by atoms with van der Waals surface area (Å²) in [5.74, 6) is -0.334. The van der Waals surface area contributed by atoms with Gasteiger partial charge in [-0.25, -0.2) is 9.18 Å². The molecule has 1 fully saturated rings. The Morgan fingerprint density at radius 1 is 1.05 bits per heavy atom. The maximum Gasteiger partial charge on any atom is 0.337 e. The lowest BCUT2D eigenvalue weighted by Crippen LogP contribution is -2.39. The van der Waals surface area contributed by atoms with Gasteiger partial charge in [0, 0.05) is 46.3 Å². The first-order valence-electron chi connectivity index (χ1n) is 14.4. The highest BCUT2D eigenvalue weighted by Gasteiger charge is 2.36. The van der Waals surface area contributed by atoms with Gasteiger partial charge in [0.1, 0.15) is 5.82 Å². The number of aliphatic carboxylic acids is 1. The zero-order valence-electron chi connectivity index (χ0n) is 25.4.